The SMILES string of the molecule is C.CCN1/C(=C/C=C/C=C/C2=[N+](CCCCCC(=O)NCCCC[C@H](C)C(N)=O)c3ccc(S(=O)(=O)O)cc3C2(C)C)C(C)(C)c2cc(S(=O)(=O)O)ccc21. The highest BCUT2D eigenvalue weighted by molar-refractivity contribution is 7.86. The first kappa shape index (κ1) is 45.3. The monoisotopic (exact) mass is 799 g/mol. The van der Waals surface area contributed by atoms with Gasteiger partial charge in [0.05, 0.1) is 15.2 Å². The molecule has 0 aromatic heterocycles. The standard InChI is InChI=1S/C40H54N4O8S2.CH4/c1-7-43-33-22-20-29(53(47,48)49)26-31(33)39(3,4)35(43)17-10-8-11-18-36-40(5,6)32-27-30(54(50,51)52)21-23-34(32)44(36)25-15-9-12-19-37(45)42-24-14-13-16-28(2)38(41)46;/h8,10-11,17-18,20-23,26-28H,7,9,12-16,19,24-25H2,1-6H3,(H4-,41,42,45,46,47,48,49,50,51,52);1H4/p+1/t28-;/m0./s1. The molecule has 0 saturated heterocycles. The van der Waals surface area contributed by atoms with Crippen molar-refractivity contribution >= 4 is 49.1 Å². The average Bonchev–Trinajstić information content (AvgIpc) is 3.44. The summed E-state index contributed by atoms with van der Waals surface area (Å²) in [6.07, 6.45) is 14.8. The van der Waals surface area contributed by atoms with E-state index in [0.29, 0.717) is 38.9 Å². The van der Waals surface area contributed by atoms with E-state index in [4.69, 9.17) is 5.73 Å². The highest BCUT2D eigenvalue weighted by Crippen LogP contribution is 2.48. The molecule has 2 aromatic rings. The number of nitrogens with one attached hydrogen (secondary N) is 1. The van der Waals surface area contributed by atoms with E-state index < -0.39 is 31.1 Å². The quantitative estimate of drug-likeness (QED) is 0.0534. The number of fused-ring (bicyclic) bond motifs is 2. The number of nitrogens with zero attached hydrogens (tertiary/aromatic N) is 2. The second-order valence-corrected chi connectivity index (χ2v) is 17.9. The van der Waals surface area contributed by atoms with Crippen molar-refractivity contribution in [3.05, 3.63) is 83.6 Å². The van der Waals surface area contributed by atoms with Gasteiger partial charge in [-0.3, -0.25) is 18.7 Å². The minimum atomic E-state index is -4.40. The number of hydrogen-bond donors (Lipinski definition) is 4. The molecule has 0 saturated carbocycles. The second-order valence-electron chi connectivity index (χ2n) is 15.1. The molecule has 12 nitrogen and oxygen atoms in total. The van der Waals surface area contributed by atoms with Crippen LogP contribution < -0.4 is 16.0 Å². The molecule has 2 aliphatic heterocycles. The number of unbranched alkanes of at least 4 members (excludes halogenated alkanes) is 3. The first-order valence-corrected chi connectivity index (χ1v) is 21.4. The van der Waals surface area contributed by atoms with E-state index in [1.165, 1.54) is 24.3 Å². The zero-order valence-corrected chi connectivity index (χ0v) is 33.8. The molecule has 0 bridgehead atoms. The van der Waals surface area contributed by atoms with Gasteiger partial charge in [0.2, 0.25) is 17.5 Å². The van der Waals surface area contributed by atoms with Crippen molar-refractivity contribution in [1.29, 1.82) is 0 Å². The van der Waals surface area contributed by atoms with E-state index in [0.717, 1.165) is 59.6 Å². The van der Waals surface area contributed by atoms with E-state index in [9.17, 15) is 35.5 Å². The van der Waals surface area contributed by atoms with Crippen molar-refractivity contribution in [1.82, 2.24) is 5.32 Å². The Morgan fingerprint density at radius 1 is 0.873 bits per heavy atom. The van der Waals surface area contributed by atoms with Crippen molar-refractivity contribution in [2.45, 2.75) is 115 Å². The lowest BCUT2D eigenvalue weighted by atomic mass is 9.81. The molecule has 0 unspecified atom stereocenters. The summed E-state index contributed by atoms with van der Waals surface area (Å²) in [5.74, 6) is -0.482. The second kappa shape index (κ2) is 18.2. The molecule has 2 aromatic carbocycles. The van der Waals surface area contributed by atoms with Crippen LogP contribution in [0, 0.1) is 5.92 Å². The highest BCUT2D eigenvalue weighted by atomic mass is 32.2. The summed E-state index contributed by atoms with van der Waals surface area (Å²) in [6.45, 7) is 13.7. The van der Waals surface area contributed by atoms with Gasteiger partial charge in [0.25, 0.3) is 20.2 Å². The van der Waals surface area contributed by atoms with Crippen LogP contribution in [0.3, 0.4) is 0 Å². The summed E-state index contributed by atoms with van der Waals surface area (Å²) in [5.41, 5.74) is 9.43. The zero-order chi connectivity index (χ0) is 40.1. The third-order valence-electron chi connectivity index (χ3n) is 10.5. The molecular weight excluding hydrogens is 741 g/mol. The van der Waals surface area contributed by atoms with Crippen LogP contribution in [-0.2, 0) is 40.7 Å². The van der Waals surface area contributed by atoms with Gasteiger partial charge in [-0.2, -0.15) is 21.4 Å². The maximum atomic E-state index is 12.4. The Labute approximate surface area is 327 Å². The molecule has 0 aliphatic carbocycles. The molecule has 0 spiro atoms. The van der Waals surface area contributed by atoms with Crippen molar-refractivity contribution in [3.8, 4) is 0 Å². The van der Waals surface area contributed by atoms with Crippen molar-refractivity contribution < 1.29 is 40.1 Å². The fourth-order valence-corrected chi connectivity index (χ4v) is 8.35. The van der Waals surface area contributed by atoms with Gasteiger partial charge in [-0.1, -0.05) is 52.8 Å². The highest BCUT2D eigenvalue weighted by Gasteiger charge is 2.45. The van der Waals surface area contributed by atoms with E-state index in [1.807, 2.05) is 65.0 Å². The number of allylic oxidation sites excluding steroid dienone is 6. The number of hydrogen-bond acceptors (Lipinski definition) is 7. The third-order valence-corrected chi connectivity index (χ3v) is 12.2. The summed E-state index contributed by atoms with van der Waals surface area (Å²) in [7, 11) is -8.75. The Hall–Kier alpha value is -4.11. The van der Waals surface area contributed by atoms with Gasteiger partial charge < -0.3 is 16.0 Å². The normalized spacial score (nSPS) is 17.5. The van der Waals surface area contributed by atoms with Crippen LogP contribution in [0.15, 0.2) is 82.3 Å². The Balaban J connectivity index is 0.00000812. The molecule has 14 heteroatoms. The number of anilines is 1. The van der Waals surface area contributed by atoms with Crippen LogP contribution in [0.4, 0.5) is 11.4 Å². The molecular formula is C41H59N4O8S2+. The number of amides is 2. The van der Waals surface area contributed by atoms with Crippen molar-refractivity contribution in [2.24, 2.45) is 11.7 Å². The molecule has 5 N–H and O–H groups in total. The maximum absolute atomic E-state index is 12.4. The van der Waals surface area contributed by atoms with Crippen LogP contribution in [0.1, 0.15) is 105 Å². The third kappa shape index (κ3) is 10.6. The maximum Gasteiger partial charge on any atom is 0.294 e. The largest absolute Gasteiger partial charge is 0.369 e. The Morgan fingerprint density at radius 3 is 2.13 bits per heavy atom. The lowest BCUT2D eigenvalue weighted by molar-refractivity contribution is -0.438. The van der Waals surface area contributed by atoms with Gasteiger partial charge >= 0.3 is 0 Å². The first-order chi connectivity index (χ1) is 25.2. The van der Waals surface area contributed by atoms with Crippen LogP contribution >= 0.6 is 0 Å². The Bertz CT molecular complexity index is 2100. The van der Waals surface area contributed by atoms with E-state index >= 15 is 0 Å². The Kier molecular flexibility index (Phi) is 15.0. The molecule has 2 aliphatic rings. The van der Waals surface area contributed by atoms with Crippen LogP contribution in [0.25, 0.3) is 0 Å². The van der Waals surface area contributed by atoms with Gasteiger partial charge in [0.15, 0.2) is 5.71 Å². The number of rotatable bonds is 18. The number of carbonyl (C=O) groups is 2. The smallest absolute Gasteiger partial charge is 0.294 e. The van der Waals surface area contributed by atoms with Crippen LogP contribution in [0.5, 0.6) is 0 Å². The number of carbonyl (C=O) groups excluding carboxylic acids is 2. The van der Waals surface area contributed by atoms with Crippen LogP contribution in [0.2, 0.25) is 0 Å². The van der Waals surface area contributed by atoms with Crippen molar-refractivity contribution in [2.75, 3.05) is 24.5 Å². The fourth-order valence-electron chi connectivity index (χ4n) is 7.34. The zero-order valence-electron chi connectivity index (χ0n) is 32.1. The van der Waals surface area contributed by atoms with E-state index in [2.05, 4.69) is 14.8 Å². The van der Waals surface area contributed by atoms with E-state index in [1.54, 1.807) is 19.1 Å². The lowest BCUT2D eigenvalue weighted by Crippen LogP contribution is -2.28. The number of primary amides is 1. The summed E-state index contributed by atoms with van der Waals surface area (Å²) in [4.78, 5) is 25.4. The Morgan fingerprint density at radius 2 is 1.51 bits per heavy atom. The lowest BCUT2D eigenvalue weighted by Gasteiger charge is -2.25. The van der Waals surface area contributed by atoms with Crippen molar-refractivity contribution in [3.63, 3.8) is 0 Å². The molecule has 1 atom stereocenters. The van der Waals surface area contributed by atoms with Crippen LogP contribution in [-0.4, -0.2) is 67.7 Å². The molecule has 0 radical (unpaired) electrons. The summed E-state index contributed by atoms with van der Waals surface area (Å²) < 4.78 is 69.4. The summed E-state index contributed by atoms with van der Waals surface area (Å²) in [6, 6.07) is 9.34. The van der Waals surface area contributed by atoms with Gasteiger partial charge in [-0.15, -0.1) is 0 Å². The van der Waals surface area contributed by atoms with E-state index in [-0.39, 0.29) is 34.9 Å². The molecule has 55 heavy (non-hydrogen) atoms. The minimum absolute atomic E-state index is 0. The predicted molar refractivity (Wildman–Crippen MR) is 218 cm³/mol. The summed E-state index contributed by atoms with van der Waals surface area (Å²) in [5, 5.41) is 2.95. The number of benzene rings is 2. The molecule has 2 heterocycles. The van der Waals surface area contributed by atoms with Gasteiger partial charge in [-0.25, -0.2) is 0 Å². The van der Waals surface area contributed by atoms with Gasteiger partial charge in [0.1, 0.15) is 6.54 Å². The molecule has 302 valence electrons. The van der Waals surface area contributed by atoms with Gasteiger partial charge in [-0.05, 0) is 88.4 Å². The minimum Gasteiger partial charge on any atom is -0.369 e. The molecule has 0 fully saturated rings. The van der Waals surface area contributed by atoms with Gasteiger partial charge in [0, 0.05) is 66.4 Å². The first-order valence-electron chi connectivity index (χ1n) is 18.5. The predicted octanol–water partition coefficient (Wildman–Crippen LogP) is 6.97. The number of nitrogens with two attached hydrogens (primary N) is 1. The number of likely N-dealkylation sites (N-methyl/N-ethyl adjacent to an activating group) is 1. The molecule has 4 rings (SSSR count). The topological polar surface area (TPSA) is 187 Å². The molecule has 2 amide bonds. The average molecular weight is 800 g/mol. The summed E-state index contributed by atoms with van der Waals surface area (Å²) >= 11 is 0. The fraction of sp³-hybridized carbons (Fsp3) is 0.488.